The molecule has 3 fully saturated rings. The number of piperazine rings is 1. The molecular weight excluding hydrogens is 1020 g/mol. The quantitative estimate of drug-likeness (QED) is 0.0455. The number of thiazole rings is 1. The van der Waals surface area contributed by atoms with E-state index >= 15 is 4.39 Å². The van der Waals surface area contributed by atoms with Crippen molar-refractivity contribution in [2.75, 3.05) is 67.5 Å². The molecule has 404 valence electrons. The molecule has 0 bridgehead atoms. The van der Waals surface area contributed by atoms with Crippen molar-refractivity contribution in [1.82, 2.24) is 30.0 Å². The Bertz CT molecular complexity index is 3340. The number of fused-ring (bicyclic) bond motifs is 3. The number of imide groups is 2. The van der Waals surface area contributed by atoms with E-state index in [-0.39, 0.29) is 47.3 Å². The maximum absolute atomic E-state index is 15.6. The molecule has 0 radical (unpaired) electrons. The third-order valence-electron chi connectivity index (χ3n) is 16.1. The van der Waals surface area contributed by atoms with E-state index in [2.05, 4.69) is 31.5 Å². The molecule has 5 aliphatic heterocycles. The van der Waals surface area contributed by atoms with E-state index in [1.54, 1.807) is 9.80 Å². The zero-order chi connectivity index (χ0) is 54.4. The number of likely N-dealkylation sites (tertiary alicyclic amines) is 1. The van der Waals surface area contributed by atoms with Gasteiger partial charge in [0.1, 0.15) is 23.4 Å². The maximum atomic E-state index is 15.6. The number of aliphatic hydroxyl groups excluding tert-OH is 1. The monoisotopic (exact) mass is 1080 g/mol. The highest BCUT2D eigenvalue weighted by molar-refractivity contribution is 7.22. The number of aromatic nitrogens is 2. The van der Waals surface area contributed by atoms with Crippen molar-refractivity contribution in [3.8, 4) is 16.9 Å². The molecule has 0 spiro atoms. The third-order valence-corrected chi connectivity index (χ3v) is 17.1. The van der Waals surface area contributed by atoms with Crippen LogP contribution >= 0.6 is 11.3 Å². The average molecular weight is 1080 g/mol. The summed E-state index contributed by atoms with van der Waals surface area (Å²) in [6.07, 6.45) is 3.35. The summed E-state index contributed by atoms with van der Waals surface area (Å²) in [5.74, 6) is -2.81. The summed E-state index contributed by atoms with van der Waals surface area (Å²) in [6.45, 7) is 8.34. The number of para-hydroxylation sites is 1. The van der Waals surface area contributed by atoms with Crippen LogP contribution in [0.1, 0.15) is 105 Å². The number of carbonyl (C=O) groups is 6. The summed E-state index contributed by atoms with van der Waals surface area (Å²) >= 11 is 1.48. The standard InChI is InChI=1S/C58H60FN9O9S/c1-33-37(38-15-17-49(61-51(38)57(75)76)67-24-21-36-9-5-11-39(42(36)32-67)52(70)63-58-60-44-12-3-4-14-48(44)78-58)10-6-13-47(33)77-29-7-8-35-19-22-64(23-20-35)34(2)54(72)66-27-25-65(26-28-66)46-31-41-40(30-43(46)59)55(73)68(56(41)74)45-16-18-50(69)62-53(45)71/h3-6,9-15,17,30-31,34-35,45,52,70H,7-8,16,18-29,32H2,1-2H3,(H,60,63)(H,75,76)(H,62,69,71)/t34-,45?,52?/m0/s1. The molecule has 5 aliphatic rings. The minimum atomic E-state index is -1.15. The van der Waals surface area contributed by atoms with Crippen molar-refractivity contribution < 1.29 is 48.1 Å². The lowest BCUT2D eigenvalue weighted by molar-refractivity contribution is -0.138. The van der Waals surface area contributed by atoms with Crippen LogP contribution in [-0.2, 0) is 27.3 Å². The van der Waals surface area contributed by atoms with Crippen LogP contribution in [0.2, 0.25) is 0 Å². The van der Waals surface area contributed by atoms with E-state index in [1.165, 1.54) is 17.4 Å². The summed E-state index contributed by atoms with van der Waals surface area (Å²) in [4.78, 5) is 95.4. The number of amides is 5. The maximum Gasteiger partial charge on any atom is 0.355 e. The highest BCUT2D eigenvalue weighted by Gasteiger charge is 2.45. The van der Waals surface area contributed by atoms with E-state index in [1.807, 2.05) is 80.6 Å². The number of hydrogen-bond acceptors (Lipinski definition) is 15. The number of carboxylic acids is 1. The predicted octanol–water partition coefficient (Wildman–Crippen LogP) is 7.18. The van der Waals surface area contributed by atoms with Gasteiger partial charge in [0, 0.05) is 56.8 Å². The molecule has 2 unspecified atom stereocenters. The van der Waals surface area contributed by atoms with Gasteiger partial charge in [0.2, 0.25) is 17.7 Å². The second kappa shape index (κ2) is 21.9. The molecule has 11 rings (SSSR count). The molecule has 0 aliphatic carbocycles. The molecule has 4 N–H and O–H groups in total. The fraction of sp³-hybridized carbons (Fsp3) is 0.379. The number of nitrogens with one attached hydrogen (secondary N) is 2. The van der Waals surface area contributed by atoms with Crippen LogP contribution in [0.3, 0.4) is 0 Å². The number of carboxylic acid groups (broad SMARTS) is 1. The van der Waals surface area contributed by atoms with Crippen molar-refractivity contribution in [1.29, 1.82) is 0 Å². The minimum absolute atomic E-state index is 0.00323. The van der Waals surface area contributed by atoms with Gasteiger partial charge in [-0.25, -0.2) is 19.2 Å². The van der Waals surface area contributed by atoms with Gasteiger partial charge in [-0.05, 0) is 136 Å². The number of carbonyl (C=O) groups excluding carboxylic acids is 5. The number of halogens is 1. The minimum Gasteiger partial charge on any atom is -0.493 e. The van der Waals surface area contributed by atoms with Crippen molar-refractivity contribution in [2.24, 2.45) is 5.92 Å². The molecule has 0 saturated carbocycles. The summed E-state index contributed by atoms with van der Waals surface area (Å²) in [6, 6.07) is 24.0. The predicted molar refractivity (Wildman–Crippen MR) is 291 cm³/mol. The lowest BCUT2D eigenvalue weighted by atomic mass is 9.91. The van der Waals surface area contributed by atoms with Gasteiger partial charge in [-0.15, -0.1) is 0 Å². The number of anilines is 3. The highest BCUT2D eigenvalue weighted by atomic mass is 32.1. The number of piperidine rings is 2. The SMILES string of the molecule is Cc1c(OCCCC2CCN([C@@H](C)C(=O)N3CCN(c4cc5c(cc4F)C(=O)N(C4CCC(=O)NC4=O)C5=O)CC3)CC2)cccc1-c1ccc(N2CCc3cccc(C(O)Nc4nc5ccccc5s4)c3C2)nc1C(=O)O. The first-order chi connectivity index (χ1) is 37.7. The van der Waals surface area contributed by atoms with Gasteiger partial charge in [-0.2, -0.15) is 0 Å². The van der Waals surface area contributed by atoms with E-state index in [4.69, 9.17) is 9.72 Å². The number of rotatable bonds is 15. The van der Waals surface area contributed by atoms with Gasteiger partial charge in [0.05, 0.1) is 39.7 Å². The second-order valence-corrected chi connectivity index (χ2v) is 21.8. The number of aliphatic hydroxyl groups is 1. The second-order valence-electron chi connectivity index (χ2n) is 20.7. The molecule has 5 amide bonds. The Morgan fingerprint density at radius 3 is 2.35 bits per heavy atom. The normalized spacial score (nSPS) is 18.9. The van der Waals surface area contributed by atoms with Crippen molar-refractivity contribution in [3.63, 3.8) is 0 Å². The smallest absolute Gasteiger partial charge is 0.355 e. The molecule has 4 aromatic carbocycles. The van der Waals surface area contributed by atoms with E-state index < -0.39 is 47.7 Å². The summed E-state index contributed by atoms with van der Waals surface area (Å²) in [5.41, 5.74) is 5.69. The Balaban J connectivity index is 0.647. The van der Waals surface area contributed by atoms with E-state index in [9.17, 15) is 39.0 Å². The summed E-state index contributed by atoms with van der Waals surface area (Å²) in [7, 11) is 0. The largest absolute Gasteiger partial charge is 0.493 e. The lowest BCUT2D eigenvalue weighted by Crippen LogP contribution is -2.55. The average Bonchev–Trinajstić information content (AvgIpc) is 4.18. The zero-order valence-corrected chi connectivity index (χ0v) is 44.2. The number of nitrogens with zero attached hydrogens (tertiary/aromatic N) is 7. The first kappa shape index (κ1) is 52.3. The molecule has 78 heavy (non-hydrogen) atoms. The van der Waals surface area contributed by atoms with Crippen molar-refractivity contribution >= 4 is 73.7 Å². The van der Waals surface area contributed by atoms with E-state index in [0.717, 1.165) is 87.8 Å². The molecule has 3 saturated heterocycles. The fourth-order valence-electron chi connectivity index (χ4n) is 11.7. The molecule has 18 nitrogen and oxygen atoms in total. The first-order valence-corrected chi connectivity index (χ1v) is 27.5. The molecule has 3 atom stereocenters. The van der Waals surface area contributed by atoms with Crippen LogP contribution in [0.4, 0.5) is 21.0 Å². The number of hydrogen-bond donors (Lipinski definition) is 4. The van der Waals surface area contributed by atoms with Gasteiger partial charge in [-0.3, -0.25) is 39.1 Å². The van der Waals surface area contributed by atoms with Gasteiger partial charge in [0.25, 0.3) is 11.8 Å². The molecular formula is C58H60FN9O9S. The zero-order valence-electron chi connectivity index (χ0n) is 43.4. The van der Waals surface area contributed by atoms with Crippen LogP contribution in [0.25, 0.3) is 21.3 Å². The number of benzene rings is 4. The molecule has 7 heterocycles. The van der Waals surface area contributed by atoms with Crippen LogP contribution in [0.5, 0.6) is 5.75 Å². The van der Waals surface area contributed by atoms with Gasteiger partial charge < -0.3 is 35.0 Å². The number of aromatic carboxylic acids is 1. The van der Waals surface area contributed by atoms with Crippen molar-refractivity contribution in [3.05, 3.63) is 130 Å². The van der Waals surface area contributed by atoms with E-state index in [0.29, 0.717) is 80.5 Å². The van der Waals surface area contributed by atoms with Gasteiger partial charge in [0.15, 0.2) is 17.1 Å². The molecule has 2 aromatic heterocycles. The fourth-order valence-corrected chi connectivity index (χ4v) is 12.6. The van der Waals surface area contributed by atoms with Crippen LogP contribution in [-0.4, -0.2) is 135 Å². The Hall–Kier alpha value is -7.81. The summed E-state index contributed by atoms with van der Waals surface area (Å²) < 4.78 is 22.9. The van der Waals surface area contributed by atoms with Crippen LogP contribution in [0.15, 0.2) is 84.9 Å². The Kier molecular flexibility index (Phi) is 14.7. The number of ether oxygens (including phenoxy) is 1. The van der Waals surface area contributed by atoms with Crippen molar-refractivity contribution in [2.45, 2.75) is 83.6 Å². The third kappa shape index (κ3) is 10.3. The van der Waals surface area contributed by atoms with Crippen LogP contribution in [0, 0.1) is 18.7 Å². The van der Waals surface area contributed by atoms with Gasteiger partial charge >= 0.3 is 5.97 Å². The molecule has 6 aromatic rings. The highest BCUT2D eigenvalue weighted by Crippen LogP contribution is 2.38. The number of pyridine rings is 1. The Morgan fingerprint density at radius 2 is 1.59 bits per heavy atom. The molecule has 20 heteroatoms. The first-order valence-electron chi connectivity index (χ1n) is 26.7. The summed E-state index contributed by atoms with van der Waals surface area (Å²) in [5, 5.41) is 27.9. The Morgan fingerprint density at radius 1 is 0.833 bits per heavy atom. The van der Waals surface area contributed by atoms with Gasteiger partial charge in [-0.1, -0.05) is 53.8 Å². The van der Waals surface area contributed by atoms with Crippen LogP contribution < -0.4 is 25.2 Å². The lowest BCUT2D eigenvalue weighted by Gasteiger charge is -2.40. The topological polar surface area (TPSA) is 218 Å². The Labute approximate surface area is 453 Å².